The lowest BCUT2D eigenvalue weighted by molar-refractivity contribution is -0.274. The van der Waals surface area contributed by atoms with Gasteiger partial charge < -0.3 is 20.1 Å². The zero-order valence-corrected chi connectivity index (χ0v) is 15.2. The van der Waals surface area contributed by atoms with Crippen molar-refractivity contribution < 1.29 is 32.2 Å². The predicted octanol–water partition coefficient (Wildman–Crippen LogP) is 2.76. The Morgan fingerprint density at radius 1 is 1.21 bits per heavy atom. The second-order valence-corrected chi connectivity index (χ2v) is 6.42. The molecule has 1 aromatic carbocycles. The van der Waals surface area contributed by atoms with Crippen LogP contribution in [0.25, 0.3) is 0 Å². The number of likely N-dealkylation sites (tertiary alicyclic amines) is 1. The predicted molar refractivity (Wildman–Crippen MR) is 95.4 cm³/mol. The molecule has 7 nitrogen and oxygen atoms in total. The van der Waals surface area contributed by atoms with E-state index in [9.17, 15) is 22.8 Å². The number of nitrogens with two attached hydrogens (primary N) is 1. The number of para-hydroxylation sites is 1. The van der Waals surface area contributed by atoms with Gasteiger partial charge in [-0.2, -0.15) is 0 Å². The Morgan fingerprint density at radius 3 is 2.69 bits per heavy atom. The van der Waals surface area contributed by atoms with Crippen molar-refractivity contribution in [2.75, 3.05) is 13.1 Å². The number of carbonyl (C=O) groups excluding carboxylic acids is 2. The van der Waals surface area contributed by atoms with Crippen LogP contribution in [0, 0.1) is 0 Å². The summed E-state index contributed by atoms with van der Waals surface area (Å²) in [4.78, 5) is 29.3. The lowest BCUT2D eigenvalue weighted by Gasteiger charge is -2.33. The quantitative estimate of drug-likeness (QED) is 0.820. The molecule has 0 spiro atoms. The standard InChI is InChI=1S/C19H18F3N3O4/c20-19(21,22)29-16-6-2-1-5-14(16)18(27)25-9-3-4-13(11-25)28-12-7-8-24-15(10-12)17(23)26/h1-2,5-8,10,13H,3-4,9,11H2,(H2,23,26). The molecule has 2 amide bonds. The van der Waals surface area contributed by atoms with Gasteiger partial charge in [-0.05, 0) is 31.0 Å². The van der Waals surface area contributed by atoms with Gasteiger partial charge in [-0.25, -0.2) is 0 Å². The number of amides is 2. The van der Waals surface area contributed by atoms with Crippen LogP contribution in [0.1, 0.15) is 33.7 Å². The summed E-state index contributed by atoms with van der Waals surface area (Å²) in [6, 6.07) is 8.17. The third kappa shape index (κ3) is 5.37. The summed E-state index contributed by atoms with van der Waals surface area (Å²) in [6.45, 7) is 0.551. The van der Waals surface area contributed by atoms with Crippen LogP contribution in [-0.2, 0) is 0 Å². The molecule has 0 bridgehead atoms. The van der Waals surface area contributed by atoms with Gasteiger partial charge in [0.2, 0.25) is 0 Å². The van der Waals surface area contributed by atoms with Crippen LogP contribution in [0.3, 0.4) is 0 Å². The number of ether oxygens (including phenoxy) is 2. The Hall–Kier alpha value is -3.30. The highest BCUT2D eigenvalue weighted by molar-refractivity contribution is 5.97. The van der Waals surface area contributed by atoms with E-state index in [0.29, 0.717) is 25.1 Å². The van der Waals surface area contributed by atoms with Crippen molar-refractivity contribution in [1.29, 1.82) is 0 Å². The van der Waals surface area contributed by atoms with E-state index >= 15 is 0 Å². The Bertz CT molecular complexity index is 904. The van der Waals surface area contributed by atoms with Crippen molar-refractivity contribution in [3.8, 4) is 11.5 Å². The number of hydrogen-bond donors (Lipinski definition) is 1. The number of primary amides is 1. The highest BCUT2D eigenvalue weighted by Gasteiger charge is 2.34. The average molecular weight is 409 g/mol. The number of hydrogen-bond acceptors (Lipinski definition) is 5. The van der Waals surface area contributed by atoms with Crippen LogP contribution in [0.15, 0.2) is 42.6 Å². The van der Waals surface area contributed by atoms with E-state index < -0.39 is 30.0 Å². The molecule has 1 aliphatic rings. The number of carbonyl (C=O) groups is 2. The maximum absolute atomic E-state index is 12.8. The maximum Gasteiger partial charge on any atom is 0.573 e. The molecule has 1 aliphatic heterocycles. The van der Waals surface area contributed by atoms with Crippen LogP contribution >= 0.6 is 0 Å². The Kier molecular flexibility index (Phi) is 5.90. The molecule has 0 radical (unpaired) electrons. The highest BCUT2D eigenvalue weighted by atomic mass is 19.4. The average Bonchev–Trinajstić information content (AvgIpc) is 2.67. The van der Waals surface area contributed by atoms with Crippen LogP contribution in [0.2, 0.25) is 0 Å². The van der Waals surface area contributed by atoms with Crippen molar-refractivity contribution in [2.24, 2.45) is 5.73 Å². The number of rotatable bonds is 5. The largest absolute Gasteiger partial charge is 0.573 e. The lowest BCUT2D eigenvalue weighted by Crippen LogP contribution is -2.44. The summed E-state index contributed by atoms with van der Waals surface area (Å²) in [5.74, 6) is -1.45. The molecule has 1 unspecified atom stereocenters. The number of alkyl halides is 3. The van der Waals surface area contributed by atoms with Gasteiger partial charge >= 0.3 is 6.36 Å². The molecule has 1 aromatic heterocycles. The van der Waals surface area contributed by atoms with Crippen molar-refractivity contribution in [1.82, 2.24) is 9.88 Å². The van der Waals surface area contributed by atoms with Gasteiger partial charge in [0.25, 0.3) is 11.8 Å². The van der Waals surface area contributed by atoms with E-state index in [2.05, 4.69) is 9.72 Å². The fraction of sp³-hybridized carbons (Fsp3) is 0.316. The third-order valence-corrected chi connectivity index (χ3v) is 4.30. The fourth-order valence-corrected chi connectivity index (χ4v) is 3.06. The van der Waals surface area contributed by atoms with Crippen LogP contribution in [-0.4, -0.2) is 47.3 Å². The summed E-state index contributed by atoms with van der Waals surface area (Å²) < 4.78 is 47.6. The van der Waals surface area contributed by atoms with Crippen LogP contribution in [0.5, 0.6) is 11.5 Å². The first-order valence-corrected chi connectivity index (χ1v) is 8.79. The molecule has 0 saturated carbocycles. The van der Waals surface area contributed by atoms with Gasteiger partial charge in [0.15, 0.2) is 0 Å². The second-order valence-electron chi connectivity index (χ2n) is 6.42. The van der Waals surface area contributed by atoms with E-state index in [0.717, 1.165) is 6.07 Å². The minimum atomic E-state index is -4.90. The van der Waals surface area contributed by atoms with E-state index in [1.165, 1.54) is 35.4 Å². The van der Waals surface area contributed by atoms with E-state index in [1.54, 1.807) is 6.07 Å². The molecule has 0 aliphatic carbocycles. The molecule has 10 heteroatoms. The monoisotopic (exact) mass is 409 g/mol. The number of pyridine rings is 1. The first kappa shape index (κ1) is 20.4. The molecule has 2 aromatic rings. The molecular formula is C19H18F3N3O4. The lowest BCUT2D eigenvalue weighted by atomic mass is 10.1. The summed E-state index contributed by atoms with van der Waals surface area (Å²) in [5.41, 5.74) is 5.07. The van der Waals surface area contributed by atoms with Crippen molar-refractivity contribution >= 4 is 11.8 Å². The second kappa shape index (κ2) is 8.38. The summed E-state index contributed by atoms with van der Waals surface area (Å²) >= 11 is 0. The van der Waals surface area contributed by atoms with Gasteiger partial charge in [0, 0.05) is 18.8 Å². The highest BCUT2D eigenvalue weighted by Crippen LogP contribution is 2.28. The Labute approximate surface area is 164 Å². The minimum Gasteiger partial charge on any atom is -0.488 e. The first-order valence-electron chi connectivity index (χ1n) is 8.79. The van der Waals surface area contributed by atoms with Crippen molar-refractivity contribution in [3.63, 3.8) is 0 Å². The number of piperidine rings is 1. The molecule has 3 rings (SSSR count). The summed E-state index contributed by atoms with van der Waals surface area (Å²) in [5, 5.41) is 0. The zero-order valence-electron chi connectivity index (χ0n) is 15.2. The zero-order chi connectivity index (χ0) is 21.0. The molecule has 2 N–H and O–H groups in total. The smallest absolute Gasteiger partial charge is 0.488 e. The van der Waals surface area contributed by atoms with Gasteiger partial charge in [0.05, 0.1) is 12.1 Å². The molecule has 1 atom stereocenters. The molecule has 29 heavy (non-hydrogen) atoms. The third-order valence-electron chi connectivity index (χ3n) is 4.30. The van der Waals surface area contributed by atoms with E-state index in [1.807, 2.05) is 0 Å². The summed E-state index contributed by atoms with van der Waals surface area (Å²) in [7, 11) is 0. The van der Waals surface area contributed by atoms with Crippen molar-refractivity contribution in [2.45, 2.75) is 25.3 Å². The number of benzene rings is 1. The van der Waals surface area contributed by atoms with Crippen LogP contribution in [0.4, 0.5) is 13.2 Å². The van der Waals surface area contributed by atoms with Gasteiger partial charge in [-0.15, -0.1) is 13.2 Å². The molecule has 2 heterocycles. The number of aromatic nitrogens is 1. The Balaban J connectivity index is 1.72. The van der Waals surface area contributed by atoms with Crippen molar-refractivity contribution in [3.05, 3.63) is 53.9 Å². The minimum absolute atomic E-state index is 0.0458. The maximum atomic E-state index is 12.8. The van der Waals surface area contributed by atoms with Crippen LogP contribution < -0.4 is 15.2 Å². The molecule has 1 fully saturated rings. The van der Waals surface area contributed by atoms with E-state index in [-0.39, 0.29) is 17.8 Å². The normalized spacial score (nSPS) is 16.9. The topological polar surface area (TPSA) is 94.8 Å². The van der Waals surface area contributed by atoms with Gasteiger partial charge in [-0.1, -0.05) is 12.1 Å². The van der Waals surface area contributed by atoms with E-state index in [4.69, 9.17) is 10.5 Å². The van der Waals surface area contributed by atoms with Gasteiger partial charge in [0.1, 0.15) is 23.3 Å². The number of halogens is 3. The fourth-order valence-electron chi connectivity index (χ4n) is 3.06. The first-order chi connectivity index (χ1) is 13.7. The SMILES string of the molecule is NC(=O)c1cc(OC2CCCN(C(=O)c3ccccc3OC(F)(F)F)C2)ccn1. The van der Waals surface area contributed by atoms with Gasteiger partial charge in [-0.3, -0.25) is 14.6 Å². The molecular weight excluding hydrogens is 391 g/mol. The summed E-state index contributed by atoms with van der Waals surface area (Å²) in [6.07, 6.45) is -2.67. The Morgan fingerprint density at radius 2 is 1.97 bits per heavy atom. The molecule has 154 valence electrons. The molecule has 1 saturated heterocycles. The number of nitrogens with zero attached hydrogens (tertiary/aromatic N) is 2.